The monoisotopic (exact) mass is 127 g/mol. The lowest BCUT2D eigenvalue weighted by Gasteiger charge is -2.14. The maximum atomic E-state index is 9.19. The first-order chi connectivity index (χ1) is 4.06. The maximum Gasteiger partial charge on any atom is 0.0594 e. The molecule has 0 fully saturated rings. The molecular weight excluding hydrogens is 112 g/mol. The van der Waals surface area contributed by atoms with Gasteiger partial charge in [-0.1, -0.05) is 12.2 Å². The average Bonchev–Trinajstić information content (AvgIpc) is 1.63. The van der Waals surface area contributed by atoms with Crippen molar-refractivity contribution in [2.75, 3.05) is 0 Å². The van der Waals surface area contributed by atoms with E-state index in [1.165, 1.54) is 0 Å². The zero-order chi connectivity index (χ0) is 7.33. The molecule has 0 unspecified atom stereocenters. The van der Waals surface area contributed by atoms with Gasteiger partial charge in [0.05, 0.1) is 5.60 Å². The minimum Gasteiger partial charge on any atom is -0.390 e. The molecular formula is C8H15O. The molecule has 0 aliphatic heterocycles. The summed E-state index contributed by atoms with van der Waals surface area (Å²) in [6.45, 7) is 7.16. The van der Waals surface area contributed by atoms with Crippen molar-refractivity contribution in [2.45, 2.75) is 32.3 Å². The van der Waals surface area contributed by atoms with Crippen LogP contribution in [0.5, 0.6) is 0 Å². The summed E-state index contributed by atoms with van der Waals surface area (Å²) < 4.78 is 0. The van der Waals surface area contributed by atoms with Crippen molar-refractivity contribution in [3.05, 3.63) is 19.1 Å². The Labute approximate surface area is 57.4 Å². The molecule has 0 heterocycles. The van der Waals surface area contributed by atoms with Gasteiger partial charge >= 0.3 is 0 Å². The molecule has 0 aliphatic rings. The fraction of sp³-hybridized carbons (Fsp3) is 0.625. The first-order valence-electron chi connectivity index (χ1n) is 3.23. The van der Waals surface area contributed by atoms with Gasteiger partial charge in [-0.05, 0) is 33.6 Å². The van der Waals surface area contributed by atoms with E-state index in [0.717, 1.165) is 12.8 Å². The normalized spacial score (nSPS) is 12.9. The Morgan fingerprint density at radius 1 is 1.56 bits per heavy atom. The van der Waals surface area contributed by atoms with Gasteiger partial charge < -0.3 is 5.11 Å². The van der Waals surface area contributed by atoms with Crippen LogP contribution in [-0.2, 0) is 0 Å². The van der Waals surface area contributed by atoms with Crippen molar-refractivity contribution in [2.24, 2.45) is 0 Å². The van der Waals surface area contributed by atoms with E-state index < -0.39 is 5.60 Å². The Bertz CT molecular complexity index is 87.2. The van der Waals surface area contributed by atoms with Crippen LogP contribution in [0.1, 0.15) is 26.7 Å². The summed E-state index contributed by atoms with van der Waals surface area (Å²) >= 11 is 0. The van der Waals surface area contributed by atoms with Gasteiger partial charge in [-0.3, -0.25) is 0 Å². The summed E-state index contributed by atoms with van der Waals surface area (Å²) in [6.07, 6.45) is 5.43. The van der Waals surface area contributed by atoms with Crippen LogP contribution >= 0.6 is 0 Å². The van der Waals surface area contributed by atoms with Crippen LogP contribution in [0.25, 0.3) is 0 Å². The molecule has 1 heteroatoms. The van der Waals surface area contributed by atoms with Crippen LogP contribution < -0.4 is 0 Å². The Morgan fingerprint density at radius 2 is 2.11 bits per heavy atom. The summed E-state index contributed by atoms with van der Waals surface area (Å²) in [5.74, 6) is 0. The highest BCUT2D eigenvalue weighted by Gasteiger charge is 2.09. The zero-order valence-corrected chi connectivity index (χ0v) is 6.22. The minimum absolute atomic E-state index is 0.528. The van der Waals surface area contributed by atoms with Crippen LogP contribution in [-0.4, -0.2) is 10.7 Å². The molecule has 53 valence electrons. The Hall–Kier alpha value is -0.300. The van der Waals surface area contributed by atoms with E-state index >= 15 is 0 Å². The molecule has 0 amide bonds. The molecule has 0 saturated heterocycles. The highest BCUT2D eigenvalue weighted by Crippen LogP contribution is 2.09. The maximum absolute atomic E-state index is 9.19. The van der Waals surface area contributed by atoms with Gasteiger partial charge in [0.15, 0.2) is 0 Å². The van der Waals surface area contributed by atoms with Gasteiger partial charge in [0.25, 0.3) is 0 Å². The predicted octanol–water partition coefficient (Wildman–Crippen LogP) is 1.93. The minimum atomic E-state index is -0.528. The van der Waals surface area contributed by atoms with Gasteiger partial charge in [-0.25, -0.2) is 0 Å². The standard InChI is InChI=1S/C8H15O/c1-4-5-6-7-8(2,3)9/h4-5,9H,1,6-7H2,2-3H3. The molecule has 0 aromatic carbocycles. The van der Waals surface area contributed by atoms with Crippen LogP contribution in [0.3, 0.4) is 0 Å². The van der Waals surface area contributed by atoms with E-state index in [4.69, 9.17) is 0 Å². The topological polar surface area (TPSA) is 20.2 Å². The fourth-order valence-electron chi connectivity index (χ4n) is 0.554. The van der Waals surface area contributed by atoms with Gasteiger partial charge in [-0.15, -0.1) is 0 Å². The smallest absolute Gasteiger partial charge is 0.0594 e. The second-order valence-electron chi connectivity index (χ2n) is 2.82. The third-order valence-electron chi connectivity index (χ3n) is 1.09. The summed E-state index contributed by atoms with van der Waals surface area (Å²) in [4.78, 5) is 0. The van der Waals surface area contributed by atoms with E-state index in [9.17, 15) is 5.11 Å². The first-order valence-corrected chi connectivity index (χ1v) is 3.23. The van der Waals surface area contributed by atoms with Crippen LogP contribution in [0.2, 0.25) is 0 Å². The molecule has 0 spiro atoms. The van der Waals surface area contributed by atoms with Crippen molar-refractivity contribution in [3.8, 4) is 0 Å². The number of aliphatic hydroxyl groups is 1. The Morgan fingerprint density at radius 3 is 2.44 bits per heavy atom. The summed E-state index contributed by atoms with van der Waals surface area (Å²) in [5.41, 5.74) is -0.528. The van der Waals surface area contributed by atoms with Crippen molar-refractivity contribution >= 4 is 0 Å². The molecule has 1 radical (unpaired) electrons. The number of hydrogen-bond acceptors (Lipinski definition) is 1. The molecule has 0 atom stereocenters. The van der Waals surface area contributed by atoms with E-state index in [0.29, 0.717) is 0 Å². The molecule has 0 bridgehead atoms. The molecule has 1 N–H and O–H groups in total. The highest BCUT2D eigenvalue weighted by atomic mass is 16.3. The van der Waals surface area contributed by atoms with E-state index in [1.807, 2.05) is 19.9 Å². The van der Waals surface area contributed by atoms with Crippen molar-refractivity contribution in [3.63, 3.8) is 0 Å². The molecule has 1 nitrogen and oxygen atoms in total. The van der Waals surface area contributed by atoms with Gasteiger partial charge in [0, 0.05) is 0 Å². The lowest BCUT2D eigenvalue weighted by atomic mass is 10.0. The van der Waals surface area contributed by atoms with E-state index in [2.05, 4.69) is 6.92 Å². The predicted molar refractivity (Wildman–Crippen MR) is 40.0 cm³/mol. The number of hydrogen-bond donors (Lipinski definition) is 1. The van der Waals surface area contributed by atoms with Crippen molar-refractivity contribution < 1.29 is 5.11 Å². The molecule has 0 aromatic rings. The molecule has 9 heavy (non-hydrogen) atoms. The van der Waals surface area contributed by atoms with E-state index in [1.54, 1.807) is 6.08 Å². The molecule has 0 saturated carbocycles. The second kappa shape index (κ2) is 3.67. The van der Waals surface area contributed by atoms with Crippen LogP contribution in [0.15, 0.2) is 12.2 Å². The highest BCUT2D eigenvalue weighted by molar-refractivity contribution is 4.85. The van der Waals surface area contributed by atoms with Gasteiger partial charge in [0.1, 0.15) is 0 Å². The summed E-state index contributed by atoms with van der Waals surface area (Å²) in [6, 6.07) is 0. The Balaban J connectivity index is 3.28. The third-order valence-corrected chi connectivity index (χ3v) is 1.09. The SMILES string of the molecule is [CH2]C=CCCC(C)(C)O. The average molecular weight is 127 g/mol. The number of allylic oxidation sites excluding steroid dienone is 2. The summed E-state index contributed by atoms with van der Waals surface area (Å²) in [7, 11) is 0. The molecule has 0 aliphatic carbocycles. The van der Waals surface area contributed by atoms with Crippen LogP contribution in [0.4, 0.5) is 0 Å². The van der Waals surface area contributed by atoms with Crippen molar-refractivity contribution in [1.82, 2.24) is 0 Å². The van der Waals surface area contributed by atoms with E-state index in [-0.39, 0.29) is 0 Å². The zero-order valence-electron chi connectivity index (χ0n) is 6.22. The van der Waals surface area contributed by atoms with Crippen molar-refractivity contribution in [1.29, 1.82) is 0 Å². The van der Waals surface area contributed by atoms with Crippen LogP contribution in [0, 0.1) is 6.92 Å². The molecule has 0 rings (SSSR count). The lowest BCUT2D eigenvalue weighted by Crippen LogP contribution is -2.17. The number of rotatable bonds is 3. The first kappa shape index (κ1) is 8.70. The quantitative estimate of drug-likeness (QED) is 0.614. The third kappa shape index (κ3) is 7.70. The lowest BCUT2D eigenvalue weighted by molar-refractivity contribution is 0.0721. The fourth-order valence-corrected chi connectivity index (χ4v) is 0.554. The largest absolute Gasteiger partial charge is 0.390 e. The molecule has 0 aromatic heterocycles. The van der Waals surface area contributed by atoms with Gasteiger partial charge in [-0.2, -0.15) is 0 Å². The Kier molecular flexibility index (Phi) is 3.55. The summed E-state index contributed by atoms with van der Waals surface area (Å²) in [5, 5.41) is 9.19. The second-order valence-corrected chi connectivity index (χ2v) is 2.82. The van der Waals surface area contributed by atoms with Gasteiger partial charge in [0.2, 0.25) is 0 Å².